The lowest BCUT2D eigenvalue weighted by Crippen LogP contribution is -2.53. The molecule has 1 saturated carbocycles. The van der Waals surface area contributed by atoms with Crippen molar-refractivity contribution in [2.24, 2.45) is 5.73 Å². The number of nitrogens with zero attached hydrogens (tertiary/aromatic N) is 3. The first-order chi connectivity index (χ1) is 14.7. The zero-order chi connectivity index (χ0) is 24.0. The first-order valence-corrected chi connectivity index (χ1v) is 11.2. The number of hydrogen-bond acceptors (Lipinski definition) is 5. The number of urea groups is 1. The molecule has 0 bridgehead atoms. The van der Waals surface area contributed by atoms with Crippen molar-refractivity contribution in [3.8, 4) is 0 Å². The molecule has 12 heteroatoms. The Balaban J connectivity index is 2.16. The summed E-state index contributed by atoms with van der Waals surface area (Å²) in [5.41, 5.74) is 7.30. The largest absolute Gasteiger partial charge is 0.390 e. The molecule has 0 radical (unpaired) electrons. The van der Waals surface area contributed by atoms with Gasteiger partial charge in [0.25, 0.3) is 5.56 Å². The number of aromatic nitrogens is 2. The Morgan fingerprint density at radius 3 is 2.34 bits per heavy atom. The third kappa shape index (κ3) is 5.01. The average Bonchev–Trinajstić information content (AvgIpc) is 2.90. The summed E-state index contributed by atoms with van der Waals surface area (Å²) < 4.78 is 41.0. The maximum absolute atomic E-state index is 13.2. The molecule has 0 saturated heterocycles. The number of aryl methyl sites for hydroxylation is 2. The molecule has 1 aliphatic rings. The minimum atomic E-state index is -4.45. The summed E-state index contributed by atoms with van der Waals surface area (Å²) >= 11 is 1.04. The van der Waals surface area contributed by atoms with Crippen LogP contribution in [0, 0.1) is 6.92 Å². The molecule has 0 unspecified atom stereocenters. The van der Waals surface area contributed by atoms with Gasteiger partial charge >= 0.3 is 17.9 Å². The first kappa shape index (κ1) is 24.3. The molecule has 0 aliphatic heterocycles. The summed E-state index contributed by atoms with van der Waals surface area (Å²) in [6.45, 7) is 6.63. The number of thiophene rings is 1. The van der Waals surface area contributed by atoms with Crippen LogP contribution in [0.4, 0.5) is 18.0 Å². The van der Waals surface area contributed by atoms with Gasteiger partial charge in [0.15, 0.2) is 0 Å². The summed E-state index contributed by atoms with van der Waals surface area (Å²) in [6.07, 6.45) is -3.49. The number of alkyl halides is 3. The maximum Gasteiger partial charge on any atom is 0.390 e. The van der Waals surface area contributed by atoms with Gasteiger partial charge in [-0.05, 0) is 52.5 Å². The van der Waals surface area contributed by atoms with Crippen LogP contribution in [-0.4, -0.2) is 31.9 Å². The van der Waals surface area contributed by atoms with E-state index in [1.54, 1.807) is 6.92 Å². The Morgan fingerprint density at radius 1 is 1.25 bits per heavy atom. The van der Waals surface area contributed by atoms with E-state index in [0.29, 0.717) is 23.3 Å². The molecule has 0 atom stereocenters. The summed E-state index contributed by atoms with van der Waals surface area (Å²) in [7, 11) is 0. The Labute approximate surface area is 186 Å². The van der Waals surface area contributed by atoms with Crippen molar-refractivity contribution < 1.29 is 18.0 Å². The number of carbonyl (C=O) groups excluding carboxylic acids is 1. The van der Waals surface area contributed by atoms with Crippen LogP contribution in [-0.2, 0) is 13.1 Å². The lowest BCUT2D eigenvalue weighted by atomic mass is 9.93. The van der Waals surface area contributed by atoms with Gasteiger partial charge in [0.1, 0.15) is 4.83 Å². The van der Waals surface area contributed by atoms with Crippen molar-refractivity contribution in [1.82, 2.24) is 19.6 Å². The van der Waals surface area contributed by atoms with Crippen molar-refractivity contribution in [3.63, 3.8) is 0 Å². The number of hydrogen-bond donors (Lipinski definition) is 2. The molecule has 3 rings (SSSR count). The minimum absolute atomic E-state index is 0.00805. The zero-order valence-corrected chi connectivity index (χ0v) is 19.3. The fourth-order valence-electron chi connectivity index (χ4n) is 3.68. The fraction of sp³-hybridized carbons (Fsp3) is 0.650. The first-order valence-electron chi connectivity index (χ1n) is 10.4. The van der Waals surface area contributed by atoms with Gasteiger partial charge in [-0.25, -0.2) is 15.0 Å². The third-order valence-electron chi connectivity index (χ3n) is 5.44. The predicted octanol–water partition coefficient (Wildman–Crippen LogP) is 3.39. The van der Waals surface area contributed by atoms with E-state index in [1.165, 1.54) is 5.01 Å². The van der Waals surface area contributed by atoms with E-state index in [-0.39, 0.29) is 22.8 Å². The van der Waals surface area contributed by atoms with Gasteiger partial charge in [0.2, 0.25) is 0 Å². The Bertz CT molecular complexity index is 1140. The molecule has 1 fully saturated rings. The lowest BCUT2D eigenvalue weighted by Gasteiger charge is -2.30. The van der Waals surface area contributed by atoms with Gasteiger partial charge in [0.05, 0.1) is 18.4 Å². The monoisotopic (exact) mass is 475 g/mol. The molecule has 178 valence electrons. The van der Waals surface area contributed by atoms with E-state index in [2.05, 4.69) is 5.43 Å². The fourth-order valence-corrected chi connectivity index (χ4v) is 4.99. The summed E-state index contributed by atoms with van der Waals surface area (Å²) in [5, 5.41) is 1.42. The Hall–Kier alpha value is -2.34. The number of nitrogens with two attached hydrogens (primary N) is 1. The second-order valence-corrected chi connectivity index (χ2v) is 10.3. The minimum Gasteiger partial charge on any atom is -0.350 e. The molecule has 0 spiro atoms. The van der Waals surface area contributed by atoms with Crippen LogP contribution < -0.4 is 22.4 Å². The lowest BCUT2D eigenvalue weighted by molar-refractivity contribution is -0.136. The van der Waals surface area contributed by atoms with Gasteiger partial charge in [0, 0.05) is 23.0 Å². The smallest absolute Gasteiger partial charge is 0.350 e. The van der Waals surface area contributed by atoms with Crippen molar-refractivity contribution in [2.45, 2.75) is 84.2 Å². The van der Waals surface area contributed by atoms with Gasteiger partial charge in [-0.1, -0.05) is 0 Å². The molecule has 1 aliphatic carbocycles. The number of nitrogens with one attached hydrogen (secondary N) is 1. The van der Waals surface area contributed by atoms with Crippen LogP contribution >= 0.6 is 11.3 Å². The third-order valence-corrected chi connectivity index (χ3v) is 6.74. The molecule has 2 amide bonds. The van der Waals surface area contributed by atoms with E-state index < -0.39 is 42.0 Å². The molecular weight excluding hydrogens is 447 g/mol. The van der Waals surface area contributed by atoms with Crippen LogP contribution in [0.5, 0.6) is 0 Å². The molecule has 8 nitrogen and oxygen atoms in total. The normalized spacial score (nSPS) is 15.2. The molecule has 2 aromatic heterocycles. The highest BCUT2D eigenvalue weighted by molar-refractivity contribution is 7.18. The molecular formula is C20H28F3N5O3S. The van der Waals surface area contributed by atoms with Crippen LogP contribution in [0.2, 0.25) is 0 Å². The average molecular weight is 476 g/mol. The molecule has 2 aromatic rings. The molecule has 0 aromatic carbocycles. The summed E-state index contributed by atoms with van der Waals surface area (Å²) in [5.74, 6) is 0. The number of amides is 2. The number of primary amides is 1. The number of fused-ring (bicyclic) bond motifs is 1. The number of rotatable bonds is 6. The Kier molecular flexibility index (Phi) is 6.49. The van der Waals surface area contributed by atoms with Gasteiger partial charge in [-0.2, -0.15) is 13.2 Å². The number of halogens is 3. The van der Waals surface area contributed by atoms with E-state index in [9.17, 15) is 27.6 Å². The van der Waals surface area contributed by atoms with E-state index in [0.717, 1.165) is 26.9 Å². The molecule has 3 N–H and O–H groups in total. The SMILES string of the molecule is Cc1c(CN(NC(C)(C)C)C(N)=O)sc2c1c(=O)n(C1CCC1)c(=O)n2CCC(F)(F)F. The van der Waals surface area contributed by atoms with E-state index in [4.69, 9.17) is 5.73 Å². The van der Waals surface area contributed by atoms with Crippen LogP contribution in [0.1, 0.15) is 62.9 Å². The van der Waals surface area contributed by atoms with Crippen LogP contribution in [0.25, 0.3) is 10.2 Å². The second-order valence-electron chi connectivity index (χ2n) is 9.18. The number of carbonyl (C=O) groups is 1. The number of hydrazine groups is 1. The quantitative estimate of drug-likeness (QED) is 0.625. The maximum atomic E-state index is 13.2. The van der Waals surface area contributed by atoms with Crippen molar-refractivity contribution >= 4 is 27.6 Å². The van der Waals surface area contributed by atoms with Crippen molar-refractivity contribution in [3.05, 3.63) is 31.3 Å². The highest BCUT2D eigenvalue weighted by Gasteiger charge is 2.31. The predicted molar refractivity (Wildman–Crippen MR) is 117 cm³/mol. The van der Waals surface area contributed by atoms with Crippen molar-refractivity contribution in [1.29, 1.82) is 0 Å². The highest BCUT2D eigenvalue weighted by Crippen LogP contribution is 2.33. The Morgan fingerprint density at radius 2 is 1.88 bits per heavy atom. The topological polar surface area (TPSA) is 102 Å². The van der Waals surface area contributed by atoms with Crippen LogP contribution in [0.15, 0.2) is 9.59 Å². The van der Waals surface area contributed by atoms with E-state index in [1.807, 2.05) is 20.8 Å². The van der Waals surface area contributed by atoms with Crippen LogP contribution in [0.3, 0.4) is 0 Å². The summed E-state index contributed by atoms with van der Waals surface area (Å²) in [6, 6.07) is -1.04. The van der Waals surface area contributed by atoms with Crippen molar-refractivity contribution in [2.75, 3.05) is 0 Å². The molecule has 32 heavy (non-hydrogen) atoms. The zero-order valence-electron chi connectivity index (χ0n) is 18.5. The molecule has 2 heterocycles. The van der Waals surface area contributed by atoms with Gasteiger partial charge in [-0.3, -0.25) is 18.9 Å². The standard InChI is InChI=1S/C20H28F3N5O3S/c1-11-13(10-27(17(24)30)25-19(2,3)4)32-16-14(11)15(29)28(12-6-5-7-12)18(31)26(16)9-8-20(21,22)23/h12,25H,5-10H2,1-4H3,(H2,24,30). The highest BCUT2D eigenvalue weighted by atomic mass is 32.1. The summed E-state index contributed by atoms with van der Waals surface area (Å²) in [4.78, 5) is 39.0. The second kappa shape index (κ2) is 8.54. The van der Waals surface area contributed by atoms with Gasteiger partial charge in [-0.15, -0.1) is 11.3 Å². The van der Waals surface area contributed by atoms with Gasteiger partial charge < -0.3 is 5.73 Å². The van der Waals surface area contributed by atoms with E-state index >= 15 is 0 Å².